The van der Waals surface area contributed by atoms with Crippen LogP contribution in [0, 0.1) is 0 Å². The number of ether oxygens (including phenoxy) is 1. The van der Waals surface area contributed by atoms with Crippen molar-refractivity contribution in [3.05, 3.63) is 23.8 Å². The van der Waals surface area contributed by atoms with Crippen LogP contribution in [-0.4, -0.2) is 25.2 Å². The lowest BCUT2D eigenvalue weighted by molar-refractivity contribution is 0.0299. The van der Waals surface area contributed by atoms with E-state index in [-0.39, 0.29) is 5.91 Å². The monoisotopic (exact) mass is 277 g/mol. The van der Waals surface area contributed by atoms with Crippen LogP contribution in [0.1, 0.15) is 42.5 Å². The minimum atomic E-state index is -0.170. The molecular weight excluding hydrogens is 254 g/mol. The summed E-state index contributed by atoms with van der Waals surface area (Å²) in [5.74, 6) is -0.170. The van der Waals surface area contributed by atoms with Gasteiger partial charge < -0.3 is 21.5 Å². The summed E-state index contributed by atoms with van der Waals surface area (Å²) in [4.78, 5) is 11.9. The van der Waals surface area contributed by atoms with Crippen LogP contribution in [0.3, 0.4) is 0 Å². The molecule has 0 aromatic heterocycles. The molecule has 1 aliphatic rings. The molecule has 20 heavy (non-hydrogen) atoms. The Balaban J connectivity index is 1.71. The van der Waals surface area contributed by atoms with Gasteiger partial charge in [-0.1, -0.05) is 19.3 Å². The molecule has 0 saturated heterocycles. The summed E-state index contributed by atoms with van der Waals surface area (Å²) in [5, 5.41) is 2.82. The summed E-state index contributed by atoms with van der Waals surface area (Å²) in [6, 6.07) is 4.87. The second-order valence-electron chi connectivity index (χ2n) is 5.28. The Morgan fingerprint density at radius 2 is 1.80 bits per heavy atom. The van der Waals surface area contributed by atoms with Gasteiger partial charge in [-0.05, 0) is 31.0 Å². The number of carbonyl (C=O) groups is 1. The number of hydrogen-bond acceptors (Lipinski definition) is 4. The van der Waals surface area contributed by atoms with Crippen LogP contribution in [0.25, 0.3) is 0 Å². The van der Waals surface area contributed by atoms with Gasteiger partial charge in [-0.15, -0.1) is 0 Å². The first kappa shape index (κ1) is 14.7. The molecule has 1 aromatic carbocycles. The van der Waals surface area contributed by atoms with Crippen LogP contribution in [0.5, 0.6) is 0 Å². The molecule has 0 bridgehead atoms. The number of nitrogen functional groups attached to an aromatic ring is 2. The maximum Gasteiger partial charge on any atom is 0.251 e. The third kappa shape index (κ3) is 4.42. The second kappa shape index (κ2) is 7.14. The number of anilines is 2. The number of rotatable bonds is 5. The van der Waals surface area contributed by atoms with Gasteiger partial charge in [0, 0.05) is 23.5 Å². The van der Waals surface area contributed by atoms with Crippen molar-refractivity contribution < 1.29 is 9.53 Å². The Bertz CT molecular complexity index is 436. The first-order chi connectivity index (χ1) is 9.65. The molecule has 0 heterocycles. The van der Waals surface area contributed by atoms with Crippen molar-refractivity contribution in [2.75, 3.05) is 24.6 Å². The highest BCUT2D eigenvalue weighted by Gasteiger charge is 2.13. The lowest BCUT2D eigenvalue weighted by atomic mass is 9.98. The first-order valence-electron chi connectivity index (χ1n) is 7.21. The molecule has 1 aliphatic carbocycles. The van der Waals surface area contributed by atoms with Crippen molar-refractivity contribution >= 4 is 17.3 Å². The van der Waals surface area contributed by atoms with Gasteiger partial charge in [0.05, 0.1) is 12.7 Å². The molecule has 5 nitrogen and oxygen atoms in total. The minimum absolute atomic E-state index is 0.170. The summed E-state index contributed by atoms with van der Waals surface area (Å²) in [6.45, 7) is 1.05. The highest BCUT2D eigenvalue weighted by atomic mass is 16.5. The fourth-order valence-corrected chi connectivity index (χ4v) is 2.53. The van der Waals surface area contributed by atoms with Gasteiger partial charge >= 0.3 is 0 Å². The number of benzene rings is 1. The molecule has 0 spiro atoms. The van der Waals surface area contributed by atoms with Gasteiger partial charge in [-0.3, -0.25) is 4.79 Å². The molecule has 1 amide bonds. The summed E-state index contributed by atoms with van der Waals surface area (Å²) in [5.41, 5.74) is 12.8. The van der Waals surface area contributed by atoms with E-state index in [1.165, 1.54) is 19.3 Å². The number of nitrogens with two attached hydrogens (primary N) is 2. The lowest BCUT2D eigenvalue weighted by Gasteiger charge is -2.22. The topological polar surface area (TPSA) is 90.4 Å². The quantitative estimate of drug-likeness (QED) is 0.566. The first-order valence-corrected chi connectivity index (χ1v) is 7.21. The van der Waals surface area contributed by atoms with Gasteiger partial charge in [0.15, 0.2) is 0 Å². The summed E-state index contributed by atoms with van der Waals surface area (Å²) in [7, 11) is 0. The van der Waals surface area contributed by atoms with Gasteiger partial charge in [0.1, 0.15) is 0 Å². The van der Waals surface area contributed by atoms with Gasteiger partial charge in [0.25, 0.3) is 5.91 Å². The molecule has 2 rings (SSSR count). The molecule has 0 radical (unpaired) electrons. The zero-order valence-electron chi connectivity index (χ0n) is 11.7. The lowest BCUT2D eigenvalue weighted by Crippen LogP contribution is -2.29. The van der Waals surface area contributed by atoms with E-state index in [1.807, 2.05) is 0 Å². The normalized spacial score (nSPS) is 16.0. The van der Waals surface area contributed by atoms with Crippen molar-refractivity contribution in [2.24, 2.45) is 0 Å². The van der Waals surface area contributed by atoms with Crippen LogP contribution >= 0.6 is 0 Å². The Hall–Kier alpha value is -1.75. The zero-order chi connectivity index (χ0) is 14.4. The molecule has 0 unspecified atom stereocenters. The highest BCUT2D eigenvalue weighted by molar-refractivity contribution is 5.96. The average molecular weight is 277 g/mol. The molecule has 5 heteroatoms. The summed E-state index contributed by atoms with van der Waals surface area (Å²) in [6.07, 6.45) is 6.45. The molecule has 5 N–H and O–H groups in total. The minimum Gasteiger partial charge on any atom is -0.399 e. The molecule has 1 saturated carbocycles. The van der Waals surface area contributed by atoms with Crippen molar-refractivity contribution in [3.8, 4) is 0 Å². The molecular formula is C15H23N3O2. The molecule has 1 fully saturated rings. The number of carbonyl (C=O) groups excluding carboxylic acids is 1. The number of amides is 1. The van der Waals surface area contributed by atoms with Crippen molar-refractivity contribution in [1.82, 2.24) is 5.32 Å². The molecule has 0 atom stereocenters. The standard InChI is InChI=1S/C15H23N3O2/c16-12-8-11(9-13(17)10-12)15(19)18-6-7-20-14-4-2-1-3-5-14/h8-10,14H,1-7,16-17H2,(H,18,19). The van der Waals surface area contributed by atoms with Crippen LogP contribution in [0.15, 0.2) is 18.2 Å². The smallest absolute Gasteiger partial charge is 0.251 e. The van der Waals surface area contributed by atoms with Crippen LogP contribution in [0.2, 0.25) is 0 Å². The summed E-state index contributed by atoms with van der Waals surface area (Å²) >= 11 is 0. The van der Waals surface area contributed by atoms with E-state index >= 15 is 0 Å². The van der Waals surface area contributed by atoms with Gasteiger partial charge in [-0.2, -0.15) is 0 Å². The SMILES string of the molecule is Nc1cc(N)cc(C(=O)NCCOC2CCCCC2)c1. The third-order valence-electron chi connectivity index (χ3n) is 3.53. The van der Waals surface area contributed by atoms with Crippen molar-refractivity contribution in [1.29, 1.82) is 0 Å². The van der Waals surface area contributed by atoms with E-state index in [9.17, 15) is 4.79 Å². The van der Waals surface area contributed by atoms with Crippen LogP contribution < -0.4 is 16.8 Å². The predicted octanol–water partition coefficient (Wildman–Crippen LogP) is 1.93. The average Bonchev–Trinajstić information content (AvgIpc) is 2.43. The van der Waals surface area contributed by atoms with Gasteiger partial charge in [-0.25, -0.2) is 0 Å². The second-order valence-corrected chi connectivity index (χ2v) is 5.28. The fourth-order valence-electron chi connectivity index (χ4n) is 2.53. The Labute approximate surface area is 119 Å². The fraction of sp³-hybridized carbons (Fsp3) is 0.533. The molecule has 1 aromatic rings. The van der Waals surface area contributed by atoms with E-state index in [0.717, 1.165) is 12.8 Å². The van der Waals surface area contributed by atoms with Crippen molar-refractivity contribution in [2.45, 2.75) is 38.2 Å². The van der Waals surface area contributed by atoms with Gasteiger partial charge in [0.2, 0.25) is 0 Å². The van der Waals surface area contributed by atoms with E-state index < -0.39 is 0 Å². The Morgan fingerprint density at radius 3 is 2.45 bits per heavy atom. The summed E-state index contributed by atoms with van der Waals surface area (Å²) < 4.78 is 5.75. The maximum absolute atomic E-state index is 11.9. The maximum atomic E-state index is 11.9. The predicted molar refractivity (Wildman–Crippen MR) is 80.4 cm³/mol. The van der Waals surface area contributed by atoms with E-state index in [0.29, 0.717) is 36.2 Å². The largest absolute Gasteiger partial charge is 0.399 e. The van der Waals surface area contributed by atoms with Crippen molar-refractivity contribution in [3.63, 3.8) is 0 Å². The van der Waals surface area contributed by atoms with Crippen LogP contribution in [-0.2, 0) is 4.74 Å². The Kier molecular flexibility index (Phi) is 5.24. The zero-order valence-corrected chi connectivity index (χ0v) is 11.7. The number of hydrogen-bond donors (Lipinski definition) is 3. The van der Waals surface area contributed by atoms with E-state index in [2.05, 4.69) is 5.32 Å². The highest BCUT2D eigenvalue weighted by Crippen LogP contribution is 2.19. The van der Waals surface area contributed by atoms with Crippen LogP contribution in [0.4, 0.5) is 11.4 Å². The number of nitrogens with one attached hydrogen (secondary N) is 1. The van der Waals surface area contributed by atoms with E-state index in [1.54, 1.807) is 18.2 Å². The Morgan fingerprint density at radius 1 is 1.15 bits per heavy atom. The van der Waals surface area contributed by atoms with E-state index in [4.69, 9.17) is 16.2 Å². The third-order valence-corrected chi connectivity index (χ3v) is 3.53. The molecule has 110 valence electrons. The molecule has 0 aliphatic heterocycles.